The van der Waals surface area contributed by atoms with Gasteiger partial charge in [-0.1, -0.05) is 26.2 Å². The van der Waals surface area contributed by atoms with Crippen molar-refractivity contribution in [2.75, 3.05) is 13.1 Å². The van der Waals surface area contributed by atoms with E-state index in [4.69, 9.17) is 0 Å². The van der Waals surface area contributed by atoms with E-state index in [2.05, 4.69) is 4.90 Å². The molecule has 0 spiro atoms. The van der Waals surface area contributed by atoms with Crippen molar-refractivity contribution in [2.45, 2.75) is 70.6 Å². The highest BCUT2D eigenvalue weighted by molar-refractivity contribution is 4.78. The molecule has 0 aliphatic heterocycles. The number of hydrogen-bond acceptors (Lipinski definition) is 3. The molecule has 0 aromatic heterocycles. The van der Waals surface area contributed by atoms with E-state index in [0.29, 0.717) is 19.1 Å². The molecule has 1 aliphatic rings. The van der Waals surface area contributed by atoms with Crippen LogP contribution in [0.2, 0.25) is 0 Å². The molecule has 3 nitrogen and oxygen atoms in total. The Balaban J connectivity index is 2.47. The van der Waals surface area contributed by atoms with Crippen molar-refractivity contribution in [1.82, 2.24) is 4.90 Å². The van der Waals surface area contributed by atoms with Crippen LogP contribution in [-0.4, -0.2) is 46.5 Å². The molecule has 2 atom stereocenters. The summed E-state index contributed by atoms with van der Waals surface area (Å²) in [6.45, 7) is 5.24. The van der Waals surface area contributed by atoms with Crippen LogP contribution >= 0.6 is 0 Å². The minimum Gasteiger partial charge on any atom is -0.392 e. The highest BCUT2D eigenvalue weighted by atomic mass is 16.3. The highest BCUT2D eigenvalue weighted by Gasteiger charge is 2.23. The summed E-state index contributed by atoms with van der Waals surface area (Å²) in [5.74, 6) is 0. The van der Waals surface area contributed by atoms with E-state index in [9.17, 15) is 10.2 Å². The van der Waals surface area contributed by atoms with Crippen LogP contribution in [-0.2, 0) is 0 Å². The fraction of sp³-hybridized carbons (Fsp3) is 1.00. The number of aliphatic hydroxyl groups is 2. The van der Waals surface area contributed by atoms with E-state index < -0.39 is 0 Å². The van der Waals surface area contributed by atoms with E-state index in [0.717, 1.165) is 6.42 Å². The second kappa shape index (κ2) is 7.25. The summed E-state index contributed by atoms with van der Waals surface area (Å²) in [4.78, 5) is 2.29. The molecule has 0 aromatic carbocycles. The zero-order valence-corrected chi connectivity index (χ0v) is 10.7. The van der Waals surface area contributed by atoms with Gasteiger partial charge in [-0.25, -0.2) is 0 Å². The van der Waals surface area contributed by atoms with Crippen LogP contribution < -0.4 is 0 Å². The molecule has 0 saturated heterocycles. The number of nitrogens with zero attached hydrogens (tertiary/aromatic N) is 1. The monoisotopic (exact) mass is 229 g/mol. The summed E-state index contributed by atoms with van der Waals surface area (Å²) < 4.78 is 0. The van der Waals surface area contributed by atoms with Gasteiger partial charge in [-0.3, -0.25) is 4.90 Å². The smallest absolute Gasteiger partial charge is 0.0664 e. The molecular weight excluding hydrogens is 202 g/mol. The fourth-order valence-electron chi connectivity index (χ4n) is 2.56. The van der Waals surface area contributed by atoms with Crippen LogP contribution in [0.5, 0.6) is 0 Å². The molecule has 0 amide bonds. The first-order valence-corrected chi connectivity index (χ1v) is 6.73. The Morgan fingerprint density at radius 1 is 1.12 bits per heavy atom. The van der Waals surface area contributed by atoms with Crippen molar-refractivity contribution in [2.24, 2.45) is 0 Å². The zero-order chi connectivity index (χ0) is 12.0. The van der Waals surface area contributed by atoms with Crippen LogP contribution in [0.4, 0.5) is 0 Å². The zero-order valence-electron chi connectivity index (χ0n) is 10.7. The summed E-state index contributed by atoms with van der Waals surface area (Å²) in [7, 11) is 0. The van der Waals surface area contributed by atoms with Gasteiger partial charge in [0.1, 0.15) is 0 Å². The number of hydrogen-bond donors (Lipinski definition) is 2. The van der Waals surface area contributed by atoms with Gasteiger partial charge in [0.25, 0.3) is 0 Å². The Morgan fingerprint density at radius 3 is 2.25 bits per heavy atom. The third-order valence-corrected chi connectivity index (χ3v) is 3.51. The van der Waals surface area contributed by atoms with Crippen molar-refractivity contribution in [3.63, 3.8) is 0 Å². The predicted molar refractivity (Wildman–Crippen MR) is 66.4 cm³/mol. The number of rotatable bonds is 6. The van der Waals surface area contributed by atoms with E-state index in [1.165, 1.54) is 32.1 Å². The average molecular weight is 229 g/mol. The molecule has 0 heterocycles. The molecule has 1 aliphatic carbocycles. The van der Waals surface area contributed by atoms with Gasteiger partial charge in [0, 0.05) is 19.1 Å². The highest BCUT2D eigenvalue weighted by Crippen LogP contribution is 2.23. The maximum atomic E-state index is 9.75. The first-order valence-electron chi connectivity index (χ1n) is 6.73. The molecule has 2 unspecified atom stereocenters. The molecule has 0 radical (unpaired) electrons. The molecule has 1 fully saturated rings. The molecule has 0 bridgehead atoms. The first-order chi connectivity index (χ1) is 7.63. The Morgan fingerprint density at radius 2 is 1.75 bits per heavy atom. The van der Waals surface area contributed by atoms with Crippen molar-refractivity contribution in [3.05, 3.63) is 0 Å². The van der Waals surface area contributed by atoms with Crippen LogP contribution in [0.25, 0.3) is 0 Å². The molecule has 1 saturated carbocycles. The van der Waals surface area contributed by atoms with E-state index in [-0.39, 0.29) is 12.2 Å². The summed E-state index contributed by atoms with van der Waals surface area (Å²) in [6.07, 6.45) is 6.63. The fourth-order valence-corrected chi connectivity index (χ4v) is 2.56. The van der Waals surface area contributed by atoms with E-state index in [1.54, 1.807) is 0 Å². The van der Waals surface area contributed by atoms with Gasteiger partial charge < -0.3 is 10.2 Å². The van der Waals surface area contributed by atoms with Crippen molar-refractivity contribution in [3.8, 4) is 0 Å². The summed E-state index contributed by atoms with van der Waals surface area (Å²) >= 11 is 0. The third-order valence-electron chi connectivity index (χ3n) is 3.51. The normalized spacial score (nSPS) is 22.3. The Labute approximate surface area is 99.5 Å². The quantitative estimate of drug-likeness (QED) is 0.729. The van der Waals surface area contributed by atoms with Crippen molar-refractivity contribution in [1.29, 1.82) is 0 Å². The van der Waals surface area contributed by atoms with Crippen molar-refractivity contribution < 1.29 is 10.2 Å². The molecule has 1 rings (SSSR count). The maximum Gasteiger partial charge on any atom is 0.0664 e. The summed E-state index contributed by atoms with van der Waals surface area (Å²) in [6, 6.07) is 0.574. The second-order valence-corrected chi connectivity index (χ2v) is 5.16. The average Bonchev–Trinajstić information content (AvgIpc) is 2.28. The van der Waals surface area contributed by atoms with E-state index in [1.807, 2.05) is 13.8 Å². The second-order valence-electron chi connectivity index (χ2n) is 5.16. The van der Waals surface area contributed by atoms with Crippen LogP contribution in [0.3, 0.4) is 0 Å². The van der Waals surface area contributed by atoms with Gasteiger partial charge >= 0.3 is 0 Å². The van der Waals surface area contributed by atoms with Crippen LogP contribution in [0.15, 0.2) is 0 Å². The molecule has 16 heavy (non-hydrogen) atoms. The van der Waals surface area contributed by atoms with Gasteiger partial charge in [-0.15, -0.1) is 0 Å². The van der Waals surface area contributed by atoms with Crippen LogP contribution in [0.1, 0.15) is 52.4 Å². The molecule has 96 valence electrons. The van der Waals surface area contributed by atoms with Crippen molar-refractivity contribution >= 4 is 0 Å². The Hall–Kier alpha value is -0.120. The first kappa shape index (κ1) is 13.9. The Bertz CT molecular complexity index is 179. The third kappa shape index (κ3) is 4.81. The lowest BCUT2D eigenvalue weighted by atomic mass is 9.93. The van der Waals surface area contributed by atoms with E-state index >= 15 is 0 Å². The lowest BCUT2D eigenvalue weighted by Crippen LogP contribution is -2.44. The lowest BCUT2D eigenvalue weighted by Gasteiger charge is -2.36. The molecular formula is C13H27NO2. The summed E-state index contributed by atoms with van der Waals surface area (Å²) in [5.41, 5.74) is 0. The van der Waals surface area contributed by atoms with Crippen LogP contribution in [0, 0.1) is 0 Å². The molecule has 0 aromatic rings. The molecule has 3 heteroatoms. The molecule has 2 N–H and O–H groups in total. The van der Waals surface area contributed by atoms with Gasteiger partial charge in [-0.2, -0.15) is 0 Å². The van der Waals surface area contributed by atoms with Gasteiger partial charge in [0.05, 0.1) is 12.2 Å². The largest absolute Gasteiger partial charge is 0.392 e. The predicted octanol–water partition coefficient (Wildman–Crippen LogP) is 1.77. The topological polar surface area (TPSA) is 43.7 Å². The minimum absolute atomic E-state index is 0.249. The SMILES string of the molecule is CCC(O)CN(CC(C)O)C1CCCCC1. The minimum atomic E-state index is -0.300. The van der Waals surface area contributed by atoms with Gasteiger partial charge in [-0.05, 0) is 26.2 Å². The van der Waals surface area contributed by atoms with Gasteiger partial charge in [0.2, 0.25) is 0 Å². The van der Waals surface area contributed by atoms with Gasteiger partial charge in [0.15, 0.2) is 0 Å². The number of aliphatic hydroxyl groups excluding tert-OH is 2. The maximum absolute atomic E-state index is 9.75. The lowest BCUT2D eigenvalue weighted by molar-refractivity contribution is 0.0386. The standard InChI is InChI=1S/C13H27NO2/c1-3-13(16)10-14(9-11(2)15)12-7-5-4-6-8-12/h11-13,15-16H,3-10H2,1-2H3. The Kier molecular flexibility index (Phi) is 6.32. The summed E-state index contributed by atoms with van der Waals surface area (Å²) in [5, 5.41) is 19.3.